The molecule has 2 N–H and O–H groups in total. The molecule has 1 aliphatic carbocycles. The molecule has 2 aromatic carbocycles. The van der Waals surface area contributed by atoms with Crippen LogP contribution in [0.15, 0.2) is 46.9 Å². The average molecular weight is 333 g/mol. The van der Waals surface area contributed by atoms with Crippen LogP contribution in [0.25, 0.3) is 0 Å². The summed E-state index contributed by atoms with van der Waals surface area (Å²) in [5.41, 5.74) is 2.94. The van der Waals surface area contributed by atoms with Crippen molar-refractivity contribution in [3.05, 3.63) is 63.6 Å². The van der Waals surface area contributed by atoms with Gasteiger partial charge in [-0.25, -0.2) is 0 Å². The maximum atomic E-state index is 10.8. The number of phenols is 1. The summed E-state index contributed by atoms with van der Waals surface area (Å²) in [5, 5.41) is 20.2. The normalized spacial score (nSPS) is 21.5. The molecule has 0 saturated carbocycles. The largest absolute Gasteiger partial charge is 0.508 e. The summed E-state index contributed by atoms with van der Waals surface area (Å²) in [6, 6.07) is 13.4. The Bertz CT molecular complexity index is 621. The standard InChI is InChI=1S/C17H17BrO2/c18-15-4-3-14-11-17(20,8-7-13(14)9-15)10-12-1-5-16(19)6-2-12/h1-6,9,19-20H,7-8,10-11H2. The van der Waals surface area contributed by atoms with Gasteiger partial charge in [-0.05, 0) is 53.8 Å². The number of halogens is 1. The van der Waals surface area contributed by atoms with E-state index in [0.29, 0.717) is 12.8 Å². The van der Waals surface area contributed by atoms with Gasteiger partial charge in [-0.15, -0.1) is 0 Å². The van der Waals surface area contributed by atoms with Crippen LogP contribution in [0.2, 0.25) is 0 Å². The highest BCUT2D eigenvalue weighted by Gasteiger charge is 2.32. The van der Waals surface area contributed by atoms with Gasteiger partial charge in [0.05, 0.1) is 5.60 Å². The van der Waals surface area contributed by atoms with Crippen molar-refractivity contribution in [3.8, 4) is 5.75 Å². The first kappa shape index (κ1) is 13.7. The molecule has 0 radical (unpaired) electrons. The zero-order valence-corrected chi connectivity index (χ0v) is 12.7. The van der Waals surface area contributed by atoms with Crippen molar-refractivity contribution in [2.24, 2.45) is 0 Å². The van der Waals surface area contributed by atoms with Crippen molar-refractivity contribution in [2.45, 2.75) is 31.3 Å². The van der Waals surface area contributed by atoms with E-state index in [1.54, 1.807) is 12.1 Å². The topological polar surface area (TPSA) is 40.5 Å². The van der Waals surface area contributed by atoms with Crippen LogP contribution in [-0.2, 0) is 19.3 Å². The van der Waals surface area contributed by atoms with Gasteiger partial charge < -0.3 is 10.2 Å². The van der Waals surface area contributed by atoms with Gasteiger partial charge >= 0.3 is 0 Å². The fraction of sp³-hybridized carbons (Fsp3) is 0.294. The molecule has 3 heteroatoms. The highest BCUT2D eigenvalue weighted by molar-refractivity contribution is 9.10. The molecular weight excluding hydrogens is 316 g/mol. The monoisotopic (exact) mass is 332 g/mol. The van der Waals surface area contributed by atoms with Crippen LogP contribution in [0, 0.1) is 0 Å². The third-order valence-electron chi connectivity index (χ3n) is 4.02. The summed E-state index contributed by atoms with van der Waals surface area (Å²) in [7, 11) is 0. The molecule has 1 atom stereocenters. The molecule has 0 saturated heterocycles. The lowest BCUT2D eigenvalue weighted by Gasteiger charge is -2.34. The highest BCUT2D eigenvalue weighted by Crippen LogP contribution is 2.33. The van der Waals surface area contributed by atoms with Crippen LogP contribution in [-0.4, -0.2) is 15.8 Å². The summed E-state index contributed by atoms with van der Waals surface area (Å²) >= 11 is 3.49. The molecule has 1 aliphatic rings. The Morgan fingerprint density at radius 2 is 1.80 bits per heavy atom. The Balaban J connectivity index is 1.80. The zero-order valence-electron chi connectivity index (χ0n) is 11.1. The molecule has 2 nitrogen and oxygen atoms in total. The van der Waals surface area contributed by atoms with E-state index in [1.165, 1.54) is 11.1 Å². The van der Waals surface area contributed by atoms with Crippen LogP contribution < -0.4 is 0 Å². The minimum Gasteiger partial charge on any atom is -0.508 e. The van der Waals surface area contributed by atoms with Crippen LogP contribution in [0.3, 0.4) is 0 Å². The summed E-state index contributed by atoms with van der Waals surface area (Å²) in [4.78, 5) is 0. The second-order valence-electron chi connectivity index (χ2n) is 5.66. The third kappa shape index (κ3) is 2.89. The number of hydrogen-bond acceptors (Lipinski definition) is 2. The second-order valence-corrected chi connectivity index (χ2v) is 6.57. The lowest BCUT2D eigenvalue weighted by Crippen LogP contribution is -2.38. The Morgan fingerprint density at radius 1 is 1.05 bits per heavy atom. The number of aromatic hydroxyl groups is 1. The molecule has 1 unspecified atom stereocenters. The van der Waals surface area contributed by atoms with Crippen molar-refractivity contribution in [2.75, 3.05) is 0 Å². The average Bonchev–Trinajstić information content (AvgIpc) is 2.42. The lowest BCUT2D eigenvalue weighted by atomic mass is 9.77. The lowest BCUT2D eigenvalue weighted by molar-refractivity contribution is 0.0267. The molecule has 0 aromatic heterocycles. The number of aliphatic hydroxyl groups is 1. The quantitative estimate of drug-likeness (QED) is 0.881. The van der Waals surface area contributed by atoms with E-state index in [9.17, 15) is 10.2 Å². The van der Waals surface area contributed by atoms with Crippen molar-refractivity contribution in [3.63, 3.8) is 0 Å². The van der Waals surface area contributed by atoms with Gasteiger partial charge in [-0.3, -0.25) is 0 Å². The Morgan fingerprint density at radius 3 is 2.55 bits per heavy atom. The van der Waals surface area contributed by atoms with Crippen molar-refractivity contribution < 1.29 is 10.2 Å². The molecule has 0 fully saturated rings. The second kappa shape index (κ2) is 5.23. The minimum absolute atomic E-state index is 0.263. The van der Waals surface area contributed by atoms with Gasteiger partial charge in [0.15, 0.2) is 0 Å². The van der Waals surface area contributed by atoms with E-state index in [-0.39, 0.29) is 5.75 Å². The summed E-state index contributed by atoms with van der Waals surface area (Å²) in [6.07, 6.45) is 3.00. The van der Waals surface area contributed by atoms with Gasteiger partial charge in [0.2, 0.25) is 0 Å². The number of rotatable bonds is 2. The molecular formula is C17H17BrO2. The number of fused-ring (bicyclic) bond motifs is 1. The fourth-order valence-electron chi connectivity index (χ4n) is 2.95. The predicted octanol–water partition coefficient (Wildman–Crippen LogP) is 3.62. The first-order valence-corrected chi connectivity index (χ1v) is 7.61. The molecule has 3 rings (SSSR count). The maximum absolute atomic E-state index is 10.8. The molecule has 0 amide bonds. The van der Waals surface area contributed by atoms with E-state index in [1.807, 2.05) is 18.2 Å². The first-order chi connectivity index (χ1) is 9.54. The van der Waals surface area contributed by atoms with Gasteiger partial charge in [-0.1, -0.05) is 34.1 Å². The molecule has 104 valence electrons. The van der Waals surface area contributed by atoms with Gasteiger partial charge in [0, 0.05) is 17.3 Å². The Labute approximate surface area is 127 Å². The third-order valence-corrected chi connectivity index (χ3v) is 4.51. The van der Waals surface area contributed by atoms with Crippen LogP contribution in [0.4, 0.5) is 0 Å². The number of aryl methyl sites for hydroxylation is 1. The van der Waals surface area contributed by atoms with Crippen LogP contribution in [0.5, 0.6) is 5.75 Å². The summed E-state index contributed by atoms with van der Waals surface area (Å²) in [6.45, 7) is 0. The van der Waals surface area contributed by atoms with E-state index < -0.39 is 5.60 Å². The number of benzene rings is 2. The Kier molecular flexibility index (Phi) is 3.57. The molecule has 0 aliphatic heterocycles. The summed E-state index contributed by atoms with van der Waals surface area (Å²) in [5.74, 6) is 0.263. The van der Waals surface area contributed by atoms with E-state index >= 15 is 0 Å². The van der Waals surface area contributed by atoms with Gasteiger partial charge in [-0.2, -0.15) is 0 Å². The Hall–Kier alpha value is -1.32. The van der Waals surface area contributed by atoms with E-state index in [4.69, 9.17) is 0 Å². The van der Waals surface area contributed by atoms with Crippen LogP contribution in [0.1, 0.15) is 23.1 Å². The van der Waals surface area contributed by atoms with Crippen molar-refractivity contribution in [1.82, 2.24) is 0 Å². The molecule has 2 aromatic rings. The molecule has 0 spiro atoms. The van der Waals surface area contributed by atoms with Gasteiger partial charge in [0.1, 0.15) is 5.75 Å². The van der Waals surface area contributed by atoms with Crippen molar-refractivity contribution >= 4 is 15.9 Å². The first-order valence-electron chi connectivity index (χ1n) is 6.82. The highest BCUT2D eigenvalue weighted by atomic mass is 79.9. The SMILES string of the molecule is Oc1ccc(CC2(O)CCc3cc(Br)ccc3C2)cc1. The minimum atomic E-state index is -0.683. The molecule has 20 heavy (non-hydrogen) atoms. The smallest absolute Gasteiger partial charge is 0.115 e. The summed E-state index contributed by atoms with van der Waals surface area (Å²) < 4.78 is 1.10. The number of hydrogen-bond donors (Lipinski definition) is 2. The fourth-order valence-corrected chi connectivity index (χ4v) is 3.36. The molecule has 0 heterocycles. The van der Waals surface area contributed by atoms with E-state index in [0.717, 1.165) is 22.9 Å². The number of phenolic OH excluding ortho intramolecular Hbond substituents is 1. The zero-order chi connectivity index (χ0) is 14.2. The van der Waals surface area contributed by atoms with Crippen LogP contribution >= 0.6 is 15.9 Å². The van der Waals surface area contributed by atoms with Crippen molar-refractivity contribution in [1.29, 1.82) is 0 Å². The predicted molar refractivity (Wildman–Crippen MR) is 82.9 cm³/mol. The molecule has 0 bridgehead atoms. The maximum Gasteiger partial charge on any atom is 0.115 e. The van der Waals surface area contributed by atoms with E-state index in [2.05, 4.69) is 28.1 Å². The van der Waals surface area contributed by atoms with Gasteiger partial charge in [0.25, 0.3) is 0 Å².